The molecule has 0 fully saturated rings. The van der Waals surface area contributed by atoms with E-state index >= 15 is 0 Å². The van der Waals surface area contributed by atoms with Crippen LogP contribution < -0.4 is 15.9 Å². The van der Waals surface area contributed by atoms with Gasteiger partial charge in [0.15, 0.2) is 11.4 Å². The van der Waals surface area contributed by atoms with Gasteiger partial charge < -0.3 is 10.4 Å². The van der Waals surface area contributed by atoms with Crippen molar-refractivity contribution in [2.75, 3.05) is 5.43 Å². The molecule has 0 saturated carbocycles. The lowest BCUT2D eigenvalue weighted by Gasteiger charge is -2.18. The van der Waals surface area contributed by atoms with E-state index in [1.165, 1.54) is 12.1 Å². The second-order valence-electron chi connectivity index (χ2n) is 4.87. The molecule has 8 nitrogen and oxygen atoms in total. The van der Waals surface area contributed by atoms with E-state index in [2.05, 4.69) is 10.5 Å². The molecule has 126 valence electrons. The van der Waals surface area contributed by atoms with Gasteiger partial charge in [-0.3, -0.25) is 5.43 Å². The van der Waals surface area contributed by atoms with Crippen LogP contribution in [0.25, 0.3) is 6.08 Å². The Hall–Kier alpha value is -2.59. The van der Waals surface area contributed by atoms with E-state index in [1.54, 1.807) is 6.21 Å². The van der Waals surface area contributed by atoms with E-state index in [9.17, 15) is 15.6 Å². The Bertz CT molecular complexity index is 745. The fraction of sp³-hybridized carbons (Fsp3) is 0.0625. The molecular formula is C16H18N4O4. The highest BCUT2D eigenvalue weighted by Gasteiger charge is 2.13. The topological polar surface area (TPSA) is 120 Å². The molecule has 0 aliphatic carbocycles. The minimum atomic E-state index is -1.23. The summed E-state index contributed by atoms with van der Waals surface area (Å²) in [6, 6.07) is 11.4. The van der Waals surface area contributed by atoms with E-state index in [-0.39, 0.29) is 17.1 Å². The monoisotopic (exact) mass is 330 g/mol. The van der Waals surface area contributed by atoms with Crippen LogP contribution in [0.5, 0.6) is 0 Å². The maximum atomic E-state index is 11.3. The number of benzene rings is 2. The first kappa shape index (κ1) is 17.8. The number of anilines is 1. The minimum Gasteiger partial charge on any atom is -0.595 e. The molecular weight excluding hydrogens is 312 g/mol. The fourth-order valence-corrected chi connectivity index (χ4v) is 2.08. The summed E-state index contributed by atoms with van der Waals surface area (Å²) in [6.07, 6.45) is 5.42. The van der Waals surface area contributed by atoms with E-state index in [0.29, 0.717) is 0 Å². The number of nitrogens with zero attached hydrogens (tertiary/aromatic N) is 1. The third-order valence-corrected chi connectivity index (χ3v) is 3.23. The van der Waals surface area contributed by atoms with Crippen molar-refractivity contribution in [3.05, 3.63) is 70.1 Å². The summed E-state index contributed by atoms with van der Waals surface area (Å²) in [7, 11) is 0. The zero-order valence-corrected chi connectivity index (χ0v) is 12.9. The maximum Gasteiger partial charge on any atom is 0.195 e. The van der Waals surface area contributed by atoms with Crippen molar-refractivity contribution in [2.24, 2.45) is 5.10 Å². The summed E-state index contributed by atoms with van der Waals surface area (Å²) in [6.45, 7) is 1.91. The molecule has 2 rings (SSSR count). The predicted molar refractivity (Wildman–Crippen MR) is 90.4 cm³/mol. The molecule has 0 aliphatic heterocycles. The zero-order chi connectivity index (χ0) is 17.5. The molecule has 24 heavy (non-hydrogen) atoms. The summed E-state index contributed by atoms with van der Waals surface area (Å²) >= 11 is 0. The number of hydrogen-bond donors (Lipinski definition) is 5. The molecule has 2 aromatic rings. The van der Waals surface area contributed by atoms with Crippen LogP contribution in [0, 0.1) is 10.4 Å². The third kappa shape index (κ3) is 4.46. The van der Waals surface area contributed by atoms with Gasteiger partial charge in [-0.1, -0.05) is 36.4 Å². The minimum absolute atomic E-state index is 0.0969. The summed E-state index contributed by atoms with van der Waals surface area (Å²) in [5.41, 5.74) is 4.45. The fourth-order valence-electron chi connectivity index (χ4n) is 2.08. The molecule has 0 spiro atoms. The second-order valence-corrected chi connectivity index (χ2v) is 4.87. The van der Waals surface area contributed by atoms with Crippen LogP contribution in [0.3, 0.4) is 0 Å². The van der Waals surface area contributed by atoms with Gasteiger partial charge in [0.2, 0.25) is 0 Å². The van der Waals surface area contributed by atoms with E-state index in [4.69, 9.17) is 5.21 Å². The highest BCUT2D eigenvalue weighted by molar-refractivity contribution is 5.86. The van der Waals surface area contributed by atoms with Crippen LogP contribution in [0.2, 0.25) is 0 Å². The van der Waals surface area contributed by atoms with Gasteiger partial charge in [0.1, 0.15) is 5.69 Å². The maximum absolute atomic E-state index is 11.3. The number of rotatable bonds is 6. The largest absolute Gasteiger partial charge is 0.595 e. The number of quaternary nitrogens is 2. The van der Waals surface area contributed by atoms with Gasteiger partial charge in [-0.2, -0.15) is 15.6 Å². The lowest BCUT2D eigenvalue weighted by Crippen LogP contribution is -3.00. The normalized spacial score (nSPS) is 14.2. The summed E-state index contributed by atoms with van der Waals surface area (Å²) in [5, 5.41) is 42.0. The SMILES string of the molecule is CC=Cc1ccccc1C=NNc1ccc([NH+]([O-])O)cc1[NH+]([O-])O. The van der Waals surface area contributed by atoms with Crippen molar-refractivity contribution in [3.63, 3.8) is 0 Å². The Balaban J connectivity index is 2.23. The van der Waals surface area contributed by atoms with Crippen molar-refractivity contribution in [3.8, 4) is 0 Å². The molecule has 0 aliphatic rings. The van der Waals surface area contributed by atoms with Gasteiger partial charge in [-0.05, 0) is 18.6 Å². The lowest BCUT2D eigenvalue weighted by atomic mass is 10.1. The molecule has 0 saturated heterocycles. The lowest BCUT2D eigenvalue weighted by molar-refractivity contribution is -0.996. The van der Waals surface area contributed by atoms with Gasteiger partial charge in [-0.15, -0.1) is 0 Å². The van der Waals surface area contributed by atoms with Gasteiger partial charge in [0, 0.05) is 11.6 Å². The van der Waals surface area contributed by atoms with Gasteiger partial charge >= 0.3 is 0 Å². The molecule has 0 heterocycles. The zero-order valence-electron chi connectivity index (χ0n) is 12.9. The molecule has 0 aromatic heterocycles. The molecule has 2 unspecified atom stereocenters. The van der Waals surface area contributed by atoms with E-state index in [1.807, 2.05) is 43.3 Å². The van der Waals surface area contributed by atoms with E-state index in [0.717, 1.165) is 17.2 Å². The molecule has 2 atom stereocenters. The quantitative estimate of drug-likeness (QED) is 0.399. The van der Waals surface area contributed by atoms with Gasteiger partial charge in [0.25, 0.3) is 0 Å². The number of hydrogen-bond acceptors (Lipinski definition) is 6. The van der Waals surface area contributed by atoms with Crippen molar-refractivity contribution < 1.29 is 20.9 Å². The Labute approximate surface area is 138 Å². The highest BCUT2D eigenvalue weighted by Crippen LogP contribution is 2.20. The summed E-state index contributed by atoms with van der Waals surface area (Å²) < 4.78 is 0. The van der Waals surface area contributed by atoms with Crippen LogP contribution in [0.4, 0.5) is 17.1 Å². The molecule has 8 heteroatoms. The van der Waals surface area contributed by atoms with Crippen molar-refractivity contribution in [1.82, 2.24) is 0 Å². The molecule has 2 aromatic carbocycles. The second kappa shape index (κ2) is 8.31. The average Bonchev–Trinajstić information content (AvgIpc) is 2.56. The standard InChI is InChI=1S/C16H18N4O4/c1-2-5-12-6-3-4-7-13(12)11-17-18-15-9-8-14(19(21)22)10-16(15)20(23)24/h2-11,18-21,23H,1H3. The van der Waals surface area contributed by atoms with Crippen LogP contribution >= 0.6 is 0 Å². The Morgan fingerprint density at radius 1 is 1.04 bits per heavy atom. The van der Waals surface area contributed by atoms with Crippen LogP contribution in [-0.2, 0) is 0 Å². The first-order chi connectivity index (χ1) is 11.5. The summed E-state index contributed by atoms with van der Waals surface area (Å²) in [5.74, 6) is 0. The van der Waals surface area contributed by atoms with Crippen LogP contribution in [0.1, 0.15) is 18.1 Å². The molecule has 0 radical (unpaired) electrons. The van der Waals surface area contributed by atoms with Gasteiger partial charge in [-0.25, -0.2) is 10.4 Å². The number of hydrazone groups is 1. The first-order valence-corrected chi connectivity index (χ1v) is 7.14. The molecule has 5 N–H and O–H groups in total. The molecule has 0 bridgehead atoms. The smallest absolute Gasteiger partial charge is 0.195 e. The first-order valence-electron chi connectivity index (χ1n) is 7.14. The van der Waals surface area contributed by atoms with Gasteiger partial charge in [0.05, 0.1) is 12.3 Å². The Kier molecular flexibility index (Phi) is 6.15. The van der Waals surface area contributed by atoms with Crippen molar-refractivity contribution in [2.45, 2.75) is 6.92 Å². The average molecular weight is 330 g/mol. The van der Waals surface area contributed by atoms with Crippen molar-refractivity contribution in [1.29, 1.82) is 0 Å². The predicted octanol–water partition coefficient (Wildman–Crippen LogP) is 0.972. The Morgan fingerprint density at radius 2 is 1.75 bits per heavy atom. The van der Waals surface area contributed by atoms with Crippen LogP contribution in [0.15, 0.2) is 53.6 Å². The number of nitrogens with one attached hydrogen (secondary N) is 3. The third-order valence-electron chi connectivity index (χ3n) is 3.23. The summed E-state index contributed by atoms with van der Waals surface area (Å²) in [4.78, 5) is 0. The van der Waals surface area contributed by atoms with E-state index < -0.39 is 10.5 Å². The number of allylic oxidation sites excluding steroid dienone is 1. The van der Waals surface area contributed by atoms with Crippen molar-refractivity contribution >= 4 is 29.4 Å². The molecule has 0 amide bonds. The Morgan fingerprint density at radius 3 is 2.38 bits per heavy atom. The highest BCUT2D eigenvalue weighted by atomic mass is 16.8. The van der Waals surface area contributed by atoms with Crippen LogP contribution in [-0.4, -0.2) is 16.6 Å².